The Kier molecular flexibility index (Phi) is 13.1. The van der Waals surface area contributed by atoms with E-state index in [0.717, 1.165) is 38.6 Å². The predicted octanol–water partition coefficient (Wildman–Crippen LogP) is -1.24. The fourth-order valence-corrected chi connectivity index (χ4v) is 14.1. The molecular weight excluding hydrogens is 826 g/mol. The van der Waals surface area contributed by atoms with E-state index < -0.39 is 118 Å². The van der Waals surface area contributed by atoms with Crippen molar-refractivity contribution in [2.24, 2.45) is 46.3 Å². The minimum atomic E-state index is -1.86. The Morgan fingerprint density at radius 3 is 2.03 bits per heavy atom. The lowest BCUT2D eigenvalue weighted by molar-refractivity contribution is -0.394. The summed E-state index contributed by atoms with van der Waals surface area (Å²) in [5.41, 5.74) is 0.413. The molecule has 18 heteroatoms. The number of rotatable bonds is 8. The Morgan fingerprint density at radius 1 is 0.698 bits per heavy atom. The molecule has 0 bridgehead atoms. The number of ether oxygens (including phenoxy) is 7. The number of fused-ring (bicyclic) bond motifs is 7. The molecule has 5 aliphatic heterocycles. The SMILES string of the molecule is CC1CCC2(NC1)OC1CC3C4CC=C5CC(OC6OC(CO)C(O)C(OC7OC(CO)C(O)C(O)C7O)C6OC6OC(C)C(O)C(O)C6O)CCC5(C)C4CC(O)C3(C)C1C2C. The van der Waals surface area contributed by atoms with Crippen molar-refractivity contribution < 1.29 is 84.2 Å². The van der Waals surface area contributed by atoms with Crippen molar-refractivity contribution in [2.45, 2.75) is 202 Å². The van der Waals surface area contributed by atoms with Crippen LogP contribution in [0, 0.1) is 46.3 Å². The summed E-state index contributed by atoms with van der Waals surface area (Å²) in [6.07, 6.45) is -15.5. The van der Waals surface area contributed by atoms with Crippen molar-refractivity contribution >= 4 is 0 Å². The summed E-state index contributed by atoms with van der Waals surface area (Å²) < 4.78 is 43.7. The van der Waals surface area contributed by atoms with E-state index in [9.17, 15) is 51.1 Å². The number of hydrogen-bond acceptors (Lipinski definition) is 18. The molecule has 4 aliphatic carbocycles. The zero-order valence-electron chi connectivity index (χ0n) is 37.0. The first-order valence-electron chi connectivity index (χ1n) is 23.6. The topological polar surface area (TPSA) is 279 Å². The van der Waals surface area contributed by atoms with Crippen LogP contribution in [0.5, 0.6) is 0 Å². The maximum absolute atomic E-state index is 12.3. The van der Waals surface area contributed by atoms with E-state index in [2.05, 4.69) is 39.1 Å². The van der Waals surface area contributed by atoms with Gasteiger partial charge in [0.05, 0.1) is 37.6 Å². The first-order valence-corrected chi connectivity index (χ1v) is 23.6. The lowest BCUT2D eigenvalue weighted by Crippen LogP contribution is -2.67. The average Bonchev–Trinajstić information content (AvgIpc) is 3.71. The molecule has 11 N–H and O–H groups in total. The summed E-state index contributed by atoms with van der Waals surface area (Å²) in [5.74, 6) is 2.09. The molecule has 9 rings (SSSR count). The van der Waals surface area contributed by atoms with Crippen molar-refractivity contribution in [3.05, 3.63) is 11.6 Å². The number of allylic oxidation sites excluding steroid dienone is 1. The lowest BCUT2D eigenvalue weighted by Gasteiger charge is -2.60. The van der Waals surface area contributed by atoms with Gasteiger partial charge in [-0.25, -0.2) is 0 Å². The smallest absolute Gasteiger partial charge is 0.187 e. The molecule has 360 valence electrons. The second-order valence-electron chi connectivity index (χ2n) is 21.3. The highest BCUT2D eigenvalue weighted by Crippen LogP contribution is 2.70. The Balaban J connectivity index is 0.951. The lowest BCUT2D eigenvalue weighted by atomic mass is 9.46. The maximum Gasteiger partial charge on any atom is 0.187 e. The van der Waals surface area contributed by atoms with Crippen LogP contribution in [-0.4, -0.2) is 187 Å². The van der Waals surface area contributed by atoms with Gasteiger partial charge in [-0.15, -0.1) is 0 Å². The standard InChI is InChI=1S/C45H73NO17/c1-18-8-11-45(46-15-18)19(2)30-26(63-45)13-25-23-7-6-21-12-22(9-10-43(21,4)24(23)14-29(49)44(25,30)5)58-42-39(62-40-36(55)34(53)31(50)20(3)57-40)38(33(52)28(17-48)60-42)61-41-37(56)35(54)32(51)27(16-47)59-41/h6,18-20,22-42,46-56H,7-17H2,1-5H3. The molecule has 0 aromatic heterocycles. The largest absolute Gasteiger partial charge is 0.394 e. The van der Waals surface area contributed by atoms with Gasteiger partial charge in [-0.05, 0) is 93.3 Å². The second kappa shape index (κ2) is 17.5. The van der Waals surface area contributed by atoms with Crippen LogP contribution >= 0.6 is 0 Å². The van der Waals surface area contributed by atoms with E-state index in [-0.39, 0.29) is 40.4 Å². The normalized spacial score (nSPS) is 58.1. The number of aliphatic hydroxyl groups is 10. The number of piperidine rings is 1. The molecule has 0 aromatic rings. The summed E-state index contributed by atoms with van der Waals surface area (Å²) in [6, 6.07) is 0. The summed E-state index contributed by atoms with van der Waals surface area (Å²) >= 11 is 0. The molecule has 0 amide bonds. The van der Waals surface area contributed by atoms with Crippen molar-refractivity contribution in [2.75, 3.05) is 19.8 Å². The van der Waals surface area contributed by atoms with Gasteiger partial charge in [0, 0.05) is 17.9 Å². The van der Waals surface area contributed by atoms with E-state index in [0.29, 0.717) is 37.0 Å². The van der Waals surface area contributed by atoms with Crippen LogP contribution < -0.4 is 5.32 Å². The maximum atomic E-state index is 12.3. The van der Waals surface area contributed by atoms with Crippen molar-refractivity contribution in [1.29, 1.82) is 0 Å². The van der Waals surface area contributed by atoms with E-state index in [1.165, 1.54) is 12.5 Å². The summed E-state index contributed by atoms with van der Waals surface area (Å²) in [7, 11) is 0. The average molecular weight is 900 g/mol. The Hall–Kier alpha value is -0.980. The van der Waals surface area contributed by atoms with Gasteiger partial charge in [-0.1, -0.05) is 39.3 Å². The minimum Gasteiger partial charge on any atom is -0.394 e. The molecule has 5 heterocycles. The first-order chi connectivity index (χ1) is 29.9. The fraction of sp³-hybridized carbons (Fsp3) is 0.956. The van der Waals surface area contributed by atoms with Crippen LogP contribution in [0.25, 0.3) is 0 Å². The van der Waals surface area contributed by atoms with E-state index in [1.54, 1.807) is 0 Å². The molecule has 27 unspecified atom stereocenters. The highest BCUT2D eigenvalue weighted by molar-refractivity contribution is 5.27. The predicted molar refractivity (Wildman–Crippen MR) is 218 cm³/mol. The third-order valence-electron chi connectivity index (χ3n) is 18.0. The van der Waals surface area contributed by atoms with Gasteiger partial charge < -0.3 is 84.2 Å². The highest BCUT2D eigenvalue weighted by Gasteiger charge is 2.71. The van der Waals surface area contributed by atoms with Gasteiger partial charge in [0.2, 0.25) is 0 Å². The Labute approximate surface area is 368 Å². The highest BCUT2D eigenvalue weighted by atomic mass is 16.8. The molecule has 27 atom stereocenters. The van der Waals surface area contributed by atoms with Crippen LogP contribution in [0.3, 0.4) is 0 Å². The van der Waals surface area contributed by atoms with E-state index >= 15 is 0 Å². The van der Waals surface area contributed by atoms with Crippen LogP contribution in [0.15, 0.2) is 11.6 Å². The molecule has 3 saturated carbocycles. The van der Waals surface area contributed by atoms with E-state index in [1.807, 2.05) is 0 Å². The molecule has 9 aliphatic rings. The molecular formula is C45H73NO17. The molecule has 0 radical (unpaired) electrons. The molecule has 5 saturated heterocycles. The monoisotopic (exact) mass is 899 g/mol. The molecule has 63 heavy (non-hydrogen) atoms. The number of nitrogens with one attached hydrogen (secondary N) is 1. The third-order valence-corrected chi connectivity index (χ3v) is 18.0. The zero-order chi connectivity index (χ0) is 45.1. The van der Waals surface area contributed by atoms with Crippen LogP contribution in [0.2, 0.25) is 0 Å². The summed E-state index contributed by atoms with van der Waals surface area (Å²) in [5, 5.41) is 112. The first kappa shape index (κ1) is 47.1. The minimum absolute atomic E-state index is 0.101. The second-order valence-corrected chi connectivity index (χ2v) is 21.3. The molecule has 1 spiro atoms. The van der Waals surface area contributed by atoms with Crippen molar-refractivity contribution in [3.8, 4) is 0 Å². The van der Waals surface area contributed by atoms with Crippen LogP contribution in [0.4, 0.5) is 0 Å². The summed E-state index contributed by atoms with van der Waals surface area (Å²) in [6.45, 7) is 10.2. The van der Waals surface area contributed by atoms with Gasteiger partial charge >= 0.3 is 0 Å². The van der Waals surface area contributed by atoms with Gasteiger partial charge in [0.15, 0.2) is 18.9 Å². The van der Waals surface area contributed by atoms with Crippen molar-refractivity contribution in [3.63, 3.8) is 0 Å². The molecule has 8 fully saturated rings. The summed E-state index contributed by atoms with van der Waals surface area (Å²) in [4.78, 5) is 0. The van der Waals surface area contributed by atoms with E-state index in [4.69, 9.17) is 33.2 Å². The van der Waals surface area contributed by atoms with Crippen molar-refractivity contribution in [1.82, 2.24) is 5.32 Å². The van der Waals surface area contributed by atoms with Crippen LogP contribution in [0.1, 0.15) is 86.0 Å². The zero-order valence-corrected chi connectivity index (χ0v) is 37.0. The Morgan fingerprint density at radius 2 is 1.35 bits per heavy atom. The quantitative estimate of drug-likeness (QED) is 0.127. The number of aliphatic hydroxyl groups excluding tert-OH is 10. The van der Waals surface area contributed by atoms with Gasteiger partial charge in [0.1, 0.15) is 72.9 Å². The van der Waals surface area contributed by atoms with Gasteiger partial charge in [-0.2, -0.15) is 0 Å². The molecule has 18 nitrogen and oxygen atoms in total. The number of hydrogen-bond donors (Lipinski definition) is 11. The van der Waals surface area contributed by atoms with Crippen LogP contribution in [-0.2, 0) is 33.2 Å². The van der Waals surface area contributed by atoms with Gasteiger partial charge in [0.25, 0.3) is 0 Å². The van der Waals surface area contributed by atoms with Gasteiger partial charge in [-0.3, -0.25) is 5.32 Å². The Bertz CT molecular complexity index is 1650. The fourth-order valence-electron chi connectivity index (χ4n) is 14.1. The molecule has 0 aromatic carbocycles. The third kappa shape index (κ3) is 7.62.